The van der Waals surface area contributed by atoms with Crippen molar-refractivity contribution in [3.05, 3.63) is 23.1 Å². The van der Waals surface area contributed by atoms with Crippen LogP contribution in [0.1, 0.15) is 45.5 Å². The summed E-state index contributed by atoms with van der Waals surface area (Å²) >= 11 is 12.0. The number of halogens is 2. The van der Waals surface area contributed by atoms with Crippen LogP contribution < -0.4 is 0 Å². The van der Waals surface area contributed by atoms with Crippen LogP contribution in [0.15, 0.2) is 12.3 Å². The topological polar surface area (TPSA) is 30.7 Å². The molecule has 2 rings (SSSR count). The lowest BCUT2D eigenvalue weighted by Crippen LogP contribution is -2.10. The number of aromatic nitrogens is 3. The SMILES string of the molecule is CC(C)CCC(C)n1c(CCl)nc2cc(Cl)cnc21. The van der Waals surface area contributed by atoms with E-state index < -0.39 is 0 Å². The van der Waals surface area contributed by atoms with Gasteiger partial charge in [-0.3, -0.25) is 0 Å². The van der Waals surface area contributed by atoms with Crippen molar-refractivity contribution in [2.24, 2.45) is 5.92 Å². The van der Waals surface area contributed by atoms with E-state index >= 15 is 0 Å². The van der Waals surface area contributed by atoms with E-state index in [0.29, 0.717) is 22.9 Å². The molecule has 0 saturated heterocycles. The van der Waals surface area contributed by atoms with Crippen LogP contribution in [-0.2, 0) is 5.88 Å². The Kier molecular flexibility index (Phi) is 4.69. The third kappa shape index (κ3) is 3.21. The molecule has 0 amide bonds. The Balaban J connectivity index is 2.39. The molecule has 2 aromatic rings. The van der Waals surface area contributed by atoms with Gasteiger partial charge in [0.15, 0.2) is 5.65 Å². The van der Waals surface area contributed by atoms with Gasteiger partial charge in [-0.2, -0.15) is 0 Å². The van der Waals surface area contributed by atoms with Gasteiger partial charge in [-0.05, 0) is 31.7 Å². The zero-order chi connectivity index (χ0) is 14.0. The van der Waals surface area contributed by atoms with E-state index in [4.69, 9.17) is 23.2 Å². The van der Waals surface area contributed by atoms with Gasteiger partial charge in [0.25, 0.3) is 0 Å². The van der Waals surface area contributed by atoms with E-state index in [0.717, 1.165) is 23.4 Å². The summed E-state index contributed by atoms with van der Waals surface area (Å²) in [6, 6.07) is 2.18. The second-order valence-corrected chi connectivity index (χ2v) is 6.05. The molecule has 2 aromatic heterocycles. The van der Waals surface area contributed by atoms with E-state index in [-0.39, 0.29) is 0 Å². The summed E-state index contributed by atoms with van der Waals surface area (Å²) in [4.78, 5) is 8.93. The average Bonchev–Trinajstić information content (AvgIpc) is 2.73. The van der Waals surface area contributed by atoms with Crippen LogP contribution in [0, 0.1) is 5.92 Å². The summed E-state index contributed by atoms with van der Waals surface area (Å²) in [5.74, 6) is 1.95. The first-order valence-corrected chi connectivity index (χ1v) is 7.52. The molecule has 5 heteroatoms. The Morgan fingerprint density at radius 2 is 2.00 bits per heavy atom. The van der Waals surface area contributed by atoms with Gasteiger partial charge >= 0.3 is 0 Å². The van der Waals surface area contributed by atoms with E-state index in [1.165, 1.54) is 6.42 Å². The molecule has 2 heterocycles. The molecule has 19 heavy (non-hydrogen) atoms. The van der Waals surface area contributed by atoms with Crippen molar-refractivity contribution < 1.29 is 0 Å². The highest BCUT2D eigenvalue weighted by Crippen LogP contribution is 2.26. The molecule has 3 nitrogen and oxygen atoms in total. The van der Waals surface area contributed by atoms with Crippen LogP contribution in [0.4, 0.5) is 0 Å². The third-order valence-corrected chi connectivity index (χ3v) is 3.74. The maximum atomic E-state index is 6.01. The minimum atomic E-state index is 0.342. The number of fused-ring (bicyclic) bond motifs is 1. The number of imidazole rings is 1. The predicted molar refractivity (Wildman–Crippen MR) is 80.9 cm³/mol. The van der Waals surface area contributed by atoms with E-state index in [2.05, 4.69) is 35.3 Å². The quantitative estimate of drug-likeness (QED) is 0.741. The second-order valence-electron chi connectivity index (χ2n) is 5.35. The number of hydrogen-bond acceptors (Lipinski definition) is 2. The molecule has 0 aliphatic rings. The van der Waals surface area contributed by atoms with Gasteiger partial charge in [0.1, 0.15) is 11.3 Å². The number of pyridine rings is 1. The van der Waals surface area contributed by atoms with Crippen molar-refractivity contribution in [1.29, 1.82) is 0 Å². The molecule has 1 unspecified atom stereocenters. The van der Waals surface area contributed by atoms with Crippen molar-refractivity contribution in [3.8, 4) is 0 Å². The fourth-order valence-corrected chi connectivity index (χ4v) is 2.61. The van der Waals surface area contributed by atoms with E-state index in [1.807, 2.05) is 6.07 Å². The molecule has 0 fully saturated rings. The number of rotatable bonds is 5. The lowest BCUT2D eigenvalue weighted by molar-refractivity contribution is 0.438. The molecule has 0 aromatic carbocycles. The third-order valence-electron chi connectivity index (χ3n) is 3.29. The van der Waals surface area contributed by atoms with Crippen LogP contribution in [0.3, 0.4) is 0 Å². The Morgan fingerprint density at radius 1 is 1.26 bits per heavy atom. The Labute approximate surface area is 123 Å². The maximum Gasteiger partial charge on any atom is 0.160 e. The van der Waals surface area contributed by atoms with Crippen molar-refractivity contribution in [2.45, 2.75) is 45.5 Å². The van der Waals surface area contributed by atoms with Crippen LogP contribution in [0.5, 0.6) is 0 Å². The molecule has 0 N–H and O–H groups in total. The van der Waals surface area contributed by atoms with Crippen molar-refractivity contribution in [2.75, 3.05) is 0 Å². The highest BCUT2D eigenvalue weighted by molar-refractivity contribution is 6.31. The van der Waals surface area contributed by atoms with Gasteiger partial charge in [0.05, 0.1) is 10.9 Å². The highest BCUT2D eigenvalue weighted by Gasteiger charge is 2.16. The Bertz CT molecular complexity index is 563. The van der Waals surface area contributed by atoms with Gasteiger partial charge in [0.2, 0.25) is 0 Å². The average molecular weight is 300 g/mol. The molecule has 0 bridgehead atoms. The summed E-state index contributed by atoms with van der Waals surface area (Å²) in [6.07, 6.45) is 3.93. The summed E-state index contributed by atoms with van der Waals surface area (Å²) in [6.45, 7) is 6.66. The van der Waals surface area contributed by atoms with Crippen LogP contribution in [-0.4, -0.2) is 14.5 Å². The zero-order valence-electron chi connectivity index (χ0n) is 11.5. The summed E-state index contributed by atoms with van der Waals surface area (Å²) in [5.41, 5.74) is 1.69. The first-order chi connectivity index (χ1) is 9.02. The molecule has 0 aliphatic heterocycles. The van der Waals surface area contributed by atoms with Gasteiger partial charge in [-0.25, -0.2) is 9.97 Å². The first-order valence-electron chi connectivity index (χ1n) is 6.61. The Morgan fingerprint density at radius 3 is 2.63 bits per heavy atom. The normalized spacial score (nSPS) is 13.4. The van der Waals surface area contributed by atoms with Gasteiger partial charge < -0.3 is 4.57 Å². The van der Waals surface area contributed by atoms with Crippen molar-refractivity contribution in [1.82, 2.24) is 14.5 Å². The molecular formula is C14H19Cl2N3. The van der Waals surface area contributed by atoms with E-state index in [9.17, 15) is 0 Å². The zero-order valence-corrected chi connectivity index (χ0v) is 13.0. The molecule has 0 spiro atoms. The van der Waals surface area contributed by atoms with Gasteiger partial charge in [-0.15, -0.1) is 11.6 Å². The highest BCUT2D eigenvalue weighted by atomic mass is 35.5. The molecular weight excluding hydrogens is 281 g/mol. The smallest absolute Gasteiger partial charge is 0.160 e. The molecule has 0 radical (unpaired) electrons. The predicted octanol–water partition coefficient (Wildman–Crippen LogP) is 4.82. The molecule has 0 aliphatic carbocycles. The van der Waals surface area contributed by atoms with E-state index in [1.54, 1.807) is 6.20 Å². The standard InChI is InChI=1S/C14H19Cl2N3/c1-9(2)4-5-10(3)19-13(7-15)18-12-6-11(16)8-17-14(12)19/h6,8-10H,4-5,7H2,1-3H3. The minimum absolute atomic E-state index is 0.342. The largest absolute Gasteiger partial charge is 0.309 e. The summed E-state index contributed by atoms with van der Waals surface area (Å²) in [5, 5.41) is 0.605. The fraction of sp³-hybridized carbons (Fsp3) is 0.571. The number of alkyl halides is 1. The Hall–Kier alpha value is -0.800. The van der Waals surface area contributed by atoms with Crippen LogP contribution >= 0.6 is 23.2 Å². The molecule has 104 valence electrons. The first kappa shape index (κ1) is 14.6. The van der Waals surface area contributed by atoms with Crippen molar-refractivity contribution in [3.63, 3.8) is 0 Å². The maximum absolute atomic E-state index is 6.01. The van der Waals surface area contributed by atoms with Gasteiger partial charge in [-0.1, -0.05) is 25.4 Å². The lowest BCUT2D eigenvalue weighted by atomic mass is 10.0. The van der Waals surface area contributed by atoms with Crippen LogP contribution in [0.2, 0.25) is 5.02 Å². The fourth-order valence-electron chi connectivity index (χ4n) is 2.27. The molecule has 1 atom stereocenters. The summed E-state index contributed by atoms with van der Waals surface area (Å²) in [7, 11) is 0. The monoisotopic (exact) mass is 299 g/mol. The summed E-state index contributed by atoms with van der Waals surface area (Å²) < 4.78 is 2.14. The van der Waals surface area contributed by atoms with Crippen molar-refractivity contribution >= 4 is 34.4 Å². The van der Waals surface area contributed by atoms with Gasteiger partial charge in [0, 0.05) is 12.2 Å². The molecule has 0 saturated carbocycles. The number of nitrogens with zero attached hydrogens (tertiary/aromatic N) is 3. The minimum Gasteiger partial charge on any atom is -0.309 e. The second kappa shape index (κ2) is 6.10. The lowest BCUT2D eigenvalue weighted by Gasteiger charge is -2.17. The number of hydrogen-bond donors (Lipinski definition) is 0. The van der Waals surface area contributed by atoms with Crippen LogP contribution in [0.25, 0.3) is 11.2 Å².